The van der Waals surface area contributed by atoms with E-state index in [1.165, 1.54) is 167 Å². The lowest BCUT2D eigenvalue weighted by Crippen LogP contribution is -2.52. The Hall–Kier alpha value is -1.30. The molecule has 0 amide bonds. The molecule has 1 N–H and O–H groups in total. The van der Waals surface area contributed by atoms with Gasteiger partial charge in [0.1, 0.15) is 26.2 Å². The number of nitrogens with one attached hydrogen (secondary N) is 1. The molecule has 0 aliphatic carbocycles. The summed E-state index contributed by atoms with van der Waals surface area (Å²) in [6, 6.07) is 0. The van der Waals surface area contributed by atoms with Crippen molar-refractivity contribution in [1.82, 2.24) is 5.32 Å². The SMILES string of the molecule is CCCCCCCCCCCCCCC=CC[N+]1(CCNCC[N+]2(CC=CCCCCCCCCCCCCCC)C=NCC2)C=NCC1. The average molecular weight is 684 g/mol. The lowest BCUT2D eigenvalue weighted by molar-refractivity contribution is -0.823. The van der Waals surface area contributed by atoms with E-state index in [1.807, 2.05) is 0 Å². The fourth-order valence-corrected chi connectivity index (χ4v) is 7.63. The first kappa shape index (κ1) is 43.9. The molecule has 0 aromatic heterocycles. The van der Waals surface area contributed by atoms with Gasteiger partial charge in [-0.3, -0.25) is 8.97 Å². The van der Waals surface area contributed by atoms with Crippen LogP contribution in [0, 0.1) is 0 Å². The van der Waals surface area contributed by atoms with Gasteiger partial charge < -0.3 is 5.32 Å². The van der Waals surface area contributed by atoms with E-state index in [4.69, 9.17) is 0 Å². The zero-order valence-corrected chi connectivity index (χ0v) is 33.2. The Kier molecular flexibility index (Phi) is 28.1. The topological polar surface area (TPSA) is 36.8 Å². The number of unbranched alkanes of at least 4 members (excludes halogenated alkanes) is 24. The van der Waals surface area contributed by atoms with Crippen LogP contribution < -0.4 is 5.32 Å². The fourth-order valence-electron chi connectivity index (χ4n) is 7.63. The molecular weight excluding hydrogens is 599 g/mol. The third kappa shape index (κ3) is 23.7. The standard InChI is InChI=1S/C44H85N5/c1-3-5-7-9-11-13-15-17-19-21-23-25-27-29-31-37-48(41-35-46-43-48)39-33-45-34-40-49(42-36-47-44-49)38-32-30-28-26-24-22-20-18-16-14-12-10-8-6-4-2/h29-32,43-45H,3-28,33-42H2,1-2H3/q+2. The van der Waals surface area contributed by atoms with E-state index < -0.39 is 0 Å². The van der Waals surface area contributed by atoms with Crippen LogP contribution in [0.4, 0.5) is 0 Å². The second-order valence-corrected chi connectivity index (χ2v) is 15.8. The molecule has 0 saturated carbocycles. The zero-order chi connectivity index (χ0) is 34.8. The van der Waals surface area contributed by atoms with Gasteiger partial charge in [-0.1, -0.05) is 167 Å². The molecule has 284 valence electrons. The van der Waals surface area contributed by atoms with Gasteiger partial charge in [-0.2, -0.15) is 0 Å². The van der Waals surface area contributed by atoms with Crippen molar-refractivity contribution in [3.8, 4) is 0 Å². The normalized spacial score (nSPS) is 20.6. The molecule has 2 atom stereocenters. The van der Waals surface area contributed by atoms with Gasteiger partial charge in [0.05, 0.1) is 26.2 Å². The van der Waals surface area contributed by atoms with E-state index >= 15 is 0 Å². The minimum absolute atomic E-state index is 0.981. The summed E-state index contributed by atoms with van der Waals surface area (Å²) in [4.78, 5) is 9.29. The molecule has 0 spiro atoms. The van der Waals surface area contributed by atoms with E-state index in [0.29, 0.717) is 0 Å². The van der Waals surface area contributed by atoms with Crippen LogP contribution in [0.1, 0.15) is 181 Å². The van der Waals surface area contributed by atoms with Gasteiger partial charge >= 0.3 is 0 Å². The monoisotopic (exact) mass is 684 g/mol. The second-order valence-electron chi connectivity index (χ2n) is 15.8. The first-order valence-electron chi connectivity index (χ1n) is 22.0. The minimum Gasteiger partial charge on any atom is -0.306 e. The summed E-state index contributed by atoms with van der Waals surface area (Å²) in [5, 5.41) is 3.79. The summed E-state index contributed by atoms with van der Waals surface area (Å²) in [5.74, 6) is 0. The third-order valence-corrected chi connectivity index (χ3v) is 11.2. The van der Waals surface area contributed by atoms with Crippen molar-refractivity contribution >= 4 is 12.7 Å². The molecule has 2 aliphatic heterocycles. The van der Waals surface area contributed by atoms with E-state index in [9.17, 15) is 0 Å². The van der Waals surface area contributed by atoms with Crippen LogP contribution in [0.25, 0.3) is 0 Å². The van der Waals surface area contributed by atoms with E-state index in [-0.39, 0.29) is 0 Å². The van der Waals surface area contributed by atoms with Gasteiger partial charge in [-0.05, 0) is 37.8 Å². The van der Waals surface area contributed by atoms with Crippen molar-refractivity contribution < 1.29 is 8.97 Å². The first-order chi connectivity index (χ1) is 24.2. The van der Waals surface area contributed by atoms with Crippen LogP contribution in [0.15, 0.2) is 34.3 Å². The Morgan fingerprint density at radius 3 is 1.08 bits per heavy atom. The van der Waals surface area contributed by atoms with Gasteiger partial charge in [0.2, 0.25) is 0 Å². The molecule has 0 saturated heterocycles. The van der Waals surface area contributed by atoms with Crippen LogP contribution >= 0.6 is 0 Å². The maximum atomic E-state index is 4.65. The van der Waals surface area contributed by atoms with E-state index in [2.05, 4.69) is 66.1 Å². The Balaban J connectivity index is 1.47. The summed E-state index contributed by atoms with van der Waals surface area (Å²) in [6.45, 7) is 15.5. The molecule has 0 bridgehead atoms. The Morgan fingerprint density at radius 1 is 0.449 bits per heavy atom. The molecule has 0 radical (unpaired) electrons. The highest BCUT2D eigenvalue weighted by atomic mass is 15.4. The predicted molar refractivity (Wildman–Crippen MR) is 219 cm³/mol. The van der Waals surface area contributed by atoms with Crippen LogP contribution in [-0.4, -0.2) is 87.1 Å². The number of aliphatic imine (C=N–C) groups is 2. The molecule has 2 aliphatic rings. The van der Waals surface area contributed by atoms with E-state index in [1.54, 1.807) is 0 Å². The van der Waals surface area contributed by atoms with Gasteiger partial charge in [0.15, 0.2) is 12.7 Å². The summed E-state index contributed by atoms with van der Waals surface area (Å²) in [6.07, 6.45) is 50.9. The smallest absolute Gasteiger partial charge is 0.185 e. The molecule has 49 heavy (non-hydrogen) atoms. The summed E-state index contributed by atoms with van der Waals surface area (Å²) in [7, 11) is 0. The fraction of sp³-hybridized carbons (Fsp3) is 0.864. The van der Waals surface area contributed by atoms with Crippen LogP contribution in [0.2, 0.25) is 0 Å². The number of hydrogen-bond acceptors (Lipinski definition) is 3. The molecule has 2 heterocycles. The number of quaternary nitrogens is 2. The van der Waals surface area contributed by atoms with Gasteiger partial charge in [-0.15, -0.1) is 0 Å². The van der Waals surface area contributed by atoms with Crippen molar-refractivity contribution in [2.75, 3.05) is 65.4 Å². The Bertz CT molecular complexity index is 782. The largest absolute Gasteiger partial charge is 0.306 e. The molecule has 5 nitrogen and oxygen atoms in total. The highest BCUT2D eigenvalue weighted by Crippen LogP contribution is 2.15. The summed E-state index contributed by atoms with van der Waals surface area (Å²) >= 11 is 0. The predicted octanol–water partition coefficient (Wildman–Crippen LogP) is 11.6. The Morgan fingerprint density at radius 2 is 0.776 bits per heavy atom. The average Bonchev–Trinajstić information content (AvgIpc) is 3.79. The number of allylic oxidation sites excluding steroid dienone is 2. The van der Waals surface area contributed by atoms with Gasteiger partial charge in [-0.25, -0.2) is 9.98 Å². The third-order valence-electron chi connectivity index (χ3n) is 11.2. The van der Waals surface area contributed by atoms with Crippen molar-refractivity contribution in [3.05, 3.63) is 24.3 Å². The quantitative estimate of drug-likeness (QED) is 0.0398. The molecule has 0 fully saturated rings. The first-order valence-corrected chi connectivity index (χ1v) is 22.0. The molecule has 2 unspecified atom stereocenters. The highest BCUT2D eigenvalue weighted by molar-refractivity contribution is 5.48. The second kappa shape index (κ2) is 31.4. The van der Waals surface area contributed by atoms with Crippen molar-refractivity contribution in [2.45, 2.75) is 181 Å². The maximum Gasteiger partial charge on any atom is 0.185 e. The number of hydrogen-bond donors (Lipinski definition) is 1. The van der Waals surface area contributed by atoms with Crippen LogP contribution in [0.3, 0.4) is 0 Å². The Labute approximate surface area is 306 Å². The summed E-state index contributed by atoms with van der Waals surface area (Å²) in [5.41, 5.74) is 0. The molecule has 0 aromatic rings. The summed E-state index contributed by atoms with van der Waals surface area (Å²) < 4.78 is 2.04. The van der Waals surface area contributed by atoms with Gasteiger partial charge in [0, 0.05) is 13.1 Å². The lowest BCUT2D eigenvalue weighted by Gasteiger charge is -2.31. The van der Waals surface area contributed by atoms with Crippen molar-refractivity contribution in [3.63, 3.8) is 0 Å². The molecule has 0 aromatic carbocycles. The zero-order valence-electron chi connectivity index (χ0n) is 33.2. The molecular formula is C44H85N5+2. The maximum absolute atomic E-state index is 4.65. The van der Waals surface area contributed by atoms with Crippen LogP contribution in [-0.2, 0) is 0 Å². The highest BCUT2D eigenvalue weighted by Gasteiger charge is 2.29. The molecule has 5 heteroatoms. The number of rotatable bonds is 36. The van der Waals surface area contributed by atoms with Crippen molar-refractivity contribution in [2.24, 2.45) is 9.98 Å². The van der Waals surface area contributed by atoms with Gasteiger partial charge in [0.25, 0.3) is 0 Å². The molecule has 2 rings (SSSR count). The van der Waals surface area contributed by atoms with Crippen molar-refractivity contribution in [1.29, 1.82) is 0 Å². The minimum atomic E-state index is 0.981. The lowest BCUT2D eigenvalue weighted by atomic mass is 10.0. The van der Waals surface area contributed by atoms with Crippen LogP contribution in [0.5, 0.6) is 0 Å². The number of nitrogens with zero attached hydrogens (tertiary/aromatic N) is 4. The van der Waals surface area contributed by atoms with E-state index in [0.717, 1.165) is 74.4 Å².